The Kier molecular flexibility index (Phi) is 7.38. The van der Waals surface area contributed by atoms with Gasteiger partial charge in [-0.05, 0) is 89.6 Å². The van der Waals surface area contributed by atoms with E-state index in [1.807, 2.05) is 25.7 Å². The zero-order chi connectivity index (χ0) is 22.8. The van der Waals surface area contributed by atoms with Gasteiger partial charge in [0.25, 0.3) is 0 Å². The van der Waals surface area contributed by atoms with Crippen molar-refractivity contribution in [3.8, 4) is 0 Å². The molecule has 1 aromatic carbocycles. The molecule has 0 N–H and O–H groups in total. The summed E-state index contributed by atoms with van der Waals surface area (Å²) in [6.07, 6.45) is 2.62. The highest BCUT2D eigenvalue weighted by Crippen LogP contribution is 2.34. The van der Waals surface area contributed by atoms with Crippen LogP contribution < -0.4 is 0 Å². The number of amides is 2. The summed E-state index contributed by atoms with van der Waals surface area (Å²) in [6.45, 7) is 18.9. The average molecular weight is 415 g/mol. The summed E-state index contributed by atoms with van der Waals surface area (Å²) in [5, 5.41) is 0. The first-order valence-corrected chi connectivity index (χ1v) is 10.9. The molecule has 0 radical (unpaired) electrons. The topological polar surface area (TPSA) is 49.9 Å². The number of carbonyl (C=O) groups is 2. The van der Waals surface area contributed by atoms with E-state index in [9.17, 15) is 9.59 Å². The minimum Gasteiger partial charge on any atom is -0.444 e. The number of carbonyl (C=O) groups excluding carboxylic acids is 2. The molecule has 1 heterocycles. The smallest absolute Gasteiger partial charge is 0.410 e. The van der Waals surface area contributed by atoms with E-state index in [0.29, 0.717) is 13.1 Å². The van der Waals surface area contributed by atoms with Crippen molar-refractivity contribution < 1.29 is 14.3 Å². The number of hydrogen-bond donors (Lipinski definition) is 0. The molecule has 2 rings (SSSR count). The van der Waals surface area contributed by atoms with Crippen molar-refractivity contribution in [2.75, 3.05) is 13.1 Å². The number of aryl methyl sites for hydroxylation is 2. The molecule has 0 spiro atoms. The maximum atomic E-state index is 12.4. The Bertz CT molecular complexity index is 834. The van der Waals surface area contributed by atoms with Gasteiger partial charge in [0.2, 0.25) is 5.91 Å². The molecule has 0 saturated carbocycles. The van der Waals surface area contributed by atoms with Gasteiger partial charge in [0, 0.05) is 26.1 Å². The number of hydrogen-bond acceptors (Lipinski definition) is 3. The summed E-state index contributed by atoms with van der Waals surface area (Å²) in [5.74, 6) is 0.0791. The van der Waals surface area contributed by atoms with Crippen molar-refractivity contribution in [1.82, 2.24) is 9.80 Å². The predicted molar refractivity (Wildman–Crippen MR) is 122 cm³/mol. The van der Waals surface area contributed by atoms with E-state index in [-0.39, 0.29) is 24.1 Å². The molecule has 1 unspecified atom stereocenters. The summed E-state index contributed by atoms with van der Waals surface area (Å²) in [5.41, 5.74) is 5.53. The standard InChI is InChI=1S/C25H38N2O3/c1-16(2)27(20(6)28)19(5)22-14-17(3)18(4)15-23(22)21-10-12-26(13-11-21)24(29)30-25(7,8)9/h10,14-16,19H,11-13H2,1-9H3. The van der Waals surface area contributed by atoms with E-state index in [1.54, 1.807) is 11.8 Å². The van der Waals surface area contributed by atoms with E-state index in [1.165, 1.54) is 27.8 Å². The highest BCUT2D eigenvalue weighted by atomic mass is 16.6. The minimum absolute atomic E-state index is 0.0263. The highest BCUT2D eigenvalue weighted by Gasteiger charge is 2.27. The fourth-order valence-electron chi connectivity index (χ4n) is 4.10. The summed E-state index contributed by atoms with van der Waals surface area (Å²) < 4.78 is 5.51. The van der Waals surface area contributed by atoms with Gasteiger partial charge in [-0.1, -0.05) is 18.2 Å². The Labute approximate surface area is 182 Å². The quantitative estimate of drug-likeness (QED) is 0.640. The van der Waals surface area contributed by atoms with Gasteiger partial charge in [-0.2, -0.15) is 0 Å². The second-order valence-corrected chi connectivity index (χ2v) is 9.63. The molecule has 0 fully saturated rings. The van der Waals surface area contributed by atoms with Crippen LogP contribution in [-0.2, 0) is 9.53 Å². The molecule has 0 bridgehead atoms. The lowest BCUT2D eigenvalue weighted by molar-refractivity contribution is -0.132. The van der Waals surface area contributed by atoms with Gasteiger partial charge < -0.3 is 14.5 Å². The van der Waals surface area contributed by atoms with E-state index < -0.39 is 5.60 Å². The summed E-state index contributed by atoms with van der Waals surface area (Å²) in [7, 11) is 0. The summed E-state index contributed by atoms with van der Waals surface area (Å²) in [4.78, 5) is 28.4. The van der Waals surface area contributed by atoms with Gasteiger partial charge in [0.05, 0.1) is 6.04 Å². The molecule has 30 heavy (non-hydrogen) atoms. The van der Waals surface area contributed by atoms with Crippen molar-refractivity contribution in [2.24, 2.45) is 0 Å². The second kappa shape index (κ2) is 9.23. The highest BCUT2D eigenvalue weighted by molar-refractivity contribution is 5.77. The van der Waals surface area contributed by atoms with Crippen LogP contribution in [0.5, 0.6) is 0 Å². The number of benzene rings is 1. The maximum Gasteiger partial charge on any atom is 0.410 e. The molecular weight excluding hydrogens is 376 g/mol. The first kappa shape index (κ1) is 24.0. The third kappa shape index (κ3) is 5.65. The molecular formula is C25H38N2O3. The van der Waals surface area contributed by atoms with Crippen LogP contribution in [0.3, 0.4) is 0 Å². The van der Waals surface area contributed by atoms with Gasteiger partial charge in [0.15, 0.2) is 0 Å². The van der Waals surface area contributed by atoms with Crippen molar-refractivity contribution in [3.05, 3.63) is 40.5 Å². The van der Waals surface area contributed by atoms with Crippen LogP contribution in [-0.4, -0.2) is 46.5 Å². The SMILES string of the molecule is CC(=O)N(C(C)C)C(C)c1cc(C)c(C)cc1C1=CCN(C(=O)OC(C)(C)C)CC1. The van der Waals surface area contributed by atoms with Gasteiger partial charge >= 0.3 is 6.09 Å². The first-order valence-electron chi connectivity index (χ1n) is 10.9. The predicted octanol–water partition coefficient (Wildman–Crippen LogP) is 5.65. The van der Waals surface area contributed by atoms with E-state index >= 15 is 0 Å². The number of rotatable bonds is 4. The average Bonchev–Trinajstić information content (AvgIpc) is 2.61. The van der Waals surface area contributed by atoms with Crippen LogP contribution in [0.1, 0.15) is 83.2 Å². The van der Waals surface area contributed by atoms with Crippen LogP contribution in [0.15, 0.2) is 18.2 Å². The number of ether oxygens (including phenoxy) is 1. The van der Waals surface area contributed by atoms with Crippen LogP contribution in [0.25, 0.3) is 5.57 Å². The van der Waals surface area contributed by atoms with E-state index in [2.05, 4.69) is 52.8 Å². The second-order valence-electron chi connectivity index (χ2n) is 9.63. The van der Waals surface area contributed by atoms with Gasteiger partial charge in [-0.3, -0.25) is 4.79 Å². The zero-order valence-corrected chi connectivity index (χ0v) is 20.1. The normalized spacial score (nSPS) is 15.7. The van der Waals surface area contributed by atoms with Gasteiger partial charge in [-0.25, -0.2) is 4.79 Å². The maximum absolute atomic E-state index is 12.4. The fourth-order valence-corrected chi connectivity index (χ4v) is 4.10. The van der Waals surface area contributed by atoms with Gasteiger partial charge in [-0.15, -0.1) is 0 Å². The van der Waals surface area contributed by atoms with Crippen LogP contribution in [0.4, 0.5) is 4.79 Å². The lowest BCUT2D eigenvalue weighted by Crippen LogP contribution is -2.39. The summed E-state index contributed by atoms with van der Waals surface area (Å²) >= 11 is 0. The molecule has 5 heteroatoms. The molecule has 0 saturated heterocycles. The van der Waals surface area contributed by atoms with E-state index in [0.717, 1.165) is 6.42 Å². The third-order valence-electron chi connectivity index (χ3n) is 5.66. The van der Waals surface area contributed by atoms with Crippen molar-refractivity contribution >= 4 is 17.6 Å². The molecule has 5 nitrogen and oxygen atoms in total. The Hall–Kier alpha value is -2.30. The molecule has 1 aliphatic rings. The molecule has 1 aliphatic heterocycles. The Morgan fingerprint density at radius 1 is 1.10 bits per heavy atom. The van der Waals surface area contributed by atoms with Crippen molar-refractivity contribution in [2.45, 2.75) is 86.4 Å². The minimum atomic E-state index is -0.495. The largest absolute Gasteiger partial charge is 0.444 e. The van der Waals surface area contributed by atoms with Gasteiger partial charge in [0.1, 0.15) is 5.60 Å². The lowest BCUT2D eigenvalue weighted by atomic mass is 9.88. The first-order chi connectivity index (χ1) is 13.8. The Balaban J connectivity index is 2.37. The van der Waals surface area contributed by atoms with Crippen LogP contribution in [0.2, 0.25) is 0 Å². The Morgan fingerprint density at radius 3 is 2.17 bits per heavy atom. The number of nitrogens with zero attached hydrogens (tertiary/aromatic N) is 2. The molecule has 166 valence electrons. The lowest BCUT2D eigenvalue weighted by Gasteiger charge is -2.35. The molecule has 0 aliphatic carbocycles. The van der Waals surface area contributed by atoms with Crippen molar-refractivity contribution in [1.29, 1.82) is 0 Å². The fraction of sp³-hybridized carbons (Fsp3) is 0.600. The monoisotopic (exact) mass is 414 g/mol. The molecule has 0 aromatic heterocycles. The summed E-state index contributed by atoms with van der Waals surface area (Å²) in [6, 6.07) is 4.54. The third-order valence-corrected chi connectivity index (χ3v) is 5.66. The Morgan fingerprint density at radius 2 is 1.70 bits per heavy atom. The zero-order valence-electron chi connectivity index (χ0n) is 20.1. The van der Waals surface area contributed by atoms with Crippen LogP contribution >= 0.6 is 0 Å². The van der Waals surface area contributed by atoms with Crippen LogP contribution in [0, 0.1) is 13.8 Å². The van der Waals surface area contributed by atoms with Crippen molar-refractivity contribution in [3.63, 3.8) is 0 Å². The molecule has 1 aromatic rings. The molecule has 2 amide bonds. The van der Waals surface area contributed by atoms with E-state index in [4.69, 9.17) is 4.74 Å². The molecule has 1 atom stereocenters.